The van der Waals surface area contributed by atoms with Gasteiger partial charge in [0.25, 0.3) is 0 Å². The molecule has 1 saturated heterocycles. The Hall–Kier alpha value is -1.43. The Balaban J connectivity index is 2.09. The Morgan fingerprint density at radius 2 is 1.86 bits per heavy atom. The van der Waals surface area contributed by atoms with E-state index < -0.39 is 15.6 Å². The van der Waals surface area contributed by atoms with E-state index in [-0.39, 0.29) is 6.54 Å². The van der Waals surface area contributed by atoms with Gasteiger partial charge in [0.15, 0.2) is 0 Å². The van der Waals surface area contributed by atoms with Crippen LogP contribution in [0, 0.1) is 0 Å². The van der Waals surface area contributed by atoms with E-state index in [2.05, 4.69) is 0 Å². The zero-order chi connectivity index (χ0) is 15.1. The second-order valence-corrected chi connectivity index (χ2v) is 7.82. The van der Waals surface area contributed by atoms with Crippen molar-refractivity contribution in [2.75, 3.05) is 13.1 Å². The van der Waals surface area contributed by atoms with Gasteiger partial charge in [-0.05, 0) is 31.2 Å². The lowest BCUT2D eigenvalue weighted by molar-refractivity contribution is 0.00942. The molecule has 2 aromatic carbocycles. The van der Waals surface area contributed by atoms with E-state index in [0.29, 0.717) is 24.3 Å². The molecule has 0 aromatic heterocycles. The summed E-state index contributed by atoms with van der Waals surface area (Å²) >= 11 is 0. The number of nitrogens with zero attached hydrogens (tertiary/aromatic N) is 1. The molecule has 1 aliphatic heterocycles. The topological polar surface area (TPSA) is 57.6 Å². The first-order valence-corrected chi connectivity index (χ1v) is 8.54. The molecule has 5 heteroatoms. The van der Waals surface area contributed by atoms with Crippen LogP contribution in [0.15, 0.2) is 47.4 Å². The van der Waals surface area contributed by atoms with Gasteiger partial charge in [0.2, 0.25) is 10.0 Å². The smallest absolute Gasteiger partial charge is 0.243 e. The van der Waals surface area contributed by atoms with Crippen LogP contribution in [0.1, 0.15) is 19.8 Å². The number of hydrogen-bond acceptors (Lipinski definition) is 3. The number of hydrogen-bond donors (Lipinski definition) is 1. The van der Waals surface area contributed by atoms with Gasteiger partial charge in [0, 0.05) is 18.5 Å². The SMILES string of the molecule is CC1(O)CCCN(S(=O)(=O)c2cccc3ccccc23)C1. The fourth-order valence-corrected chi connectivity index (χ4v) is 4.75. The maximum atomic E-state index is 12.9. The molecular formula is C16H19NO3S. The van der Waals surface area contributed by atoms with Gasteiger partial charge < -0.3 is 5.11 Å². The molecule has 0 aliphatic carbocycles. The lowest BCUT2D eigenvalue weighted by Crippen LogP contribution is -2.48. The van der Waals surface area contributed by atoms with Crippen molar-refractivity contribution >= 4 is 20.8 Å². The van der Waals surface area contributed by atoms with Crippen LogP contribution in [0.2, 0.25) is 0 Å². The summed E-state index contributed by atoms with van der Waals surface area (Å²) in [6.45, 7) is 2.30. The number of β-amino-alcohol motifs (C(OH)–C–C–N with tert-alkyl or cyclic N) is 1. The number of piperidine rings is 1. The molecule has 1 fully saturated rings. The summed E-state index contributed by atoms with van der Waals surface area (Å²) in [5.41, 5.74) is -0.949. The third kappa shape index (κ3) is 2.69. The molecule has 0 bridgehead atoms. The molecule has 3 rings (SSSR count). The van der Waals surface area contributed by atoms with E-state index >= 15 is 0 Å². The summed E-state index contributed by atoms with van der Waals surface area (Å²) in [4.78, 5) is 0.318. The number of benzene rings is 2. The normalized spacial score (nSPS) is 24.3. The third-order valence-electron chi connectivity index (χ3n) is 4.01. The second kappa shape index (κ2) is 5.09. The molecule has 1 N–H and O–H groups in total. The molecule has 4 nitrogen and oxygen atoms in total. The van der Waals surface area contributed by atoms with Gasteiger partial charge in [-0.2, -0.15) is 4.31 Å². The van der Waals surface area contributed by atoms with E-state index in [1.165, 1.54) is 4.31 Å². The summed E-state index contributed by atoms with van der Waals surface area (Å²) in [7, 11) is -3.59. The molecule has 112 valence electrons. The van der Waals surface area contributed by atoms with Crippen LogP contribution in [0.25, 0.3) is 10.8 Å². The van der Waals surface area contributed by atoms with Crippen molar-refractivity contribution in [3.63, 3.8) is 0 Å². The highest BCUT2D eigenvalue weighted by Gasteiger charge is 2.36. The highest BCUT2D eigenvalue weighted by atomic mass is 32.2. The zero-order valence-corrected chi connectivity index (χ0v) is 12.8. The molecule has 0 spiro atoms. The van der Waals surface area contributed by atoms with E-state index in [0.717, 1.165) is 10.8 Å². The van der Waals surface area contributed by atoms with Gasteiger partial charge in [-0.15, -0.1) is 0 Å². The molecule has 1 atom stereocenters. The highest BCUT2D eigenvalue weighted by molar-refractivity contribution is 7.89. The summed E-state index contributed by atoms with van der Waals surface area (Å²) < 4.78 is 27.2. The fourth-order valence-electron chi connectivity index (χ4n) is 2.94. The van der Waals surface area contributed by atoms with Crippen LogP contribution in [-0.4, -0.2) is 36.5 Å². The highest BCUT2D eigenvalue weighted by Crippen LogP contribution is 2.29. The van der Waals surface area contributed by atoms with E-state index in [1.807, 2.05) is 30.3 Å². The molecule has 1 heterocycles. The maximum Gasteiger partial charge on any atom is 0.243 e. The molecule has 2 aromatic rings. The average Bonchev–Trinajstić information content (AvgIpc) is 2.45. The first kappa shape index (κ1) is 14.5. The molecule has 0 radical (unpaired) electrons. The predicted octanol–water partition coefficient (Wildman–Crippen LogP) is 2.38. The number of fused-ring (bicyclic) bond motifs is 1. The van der Waals surface area contributed by atoms with Crippen molar-refractivity contribution in [2.45, 2.75) is 30.3 Å². The van der Waals surface area contributed by atoms with E-state index in [1.54, 1.807) is 19.1 Å². The Bertz CT molecular complexity index is 763. The largest absolute Gasteiger partial charge is 0.389 e. The minimum Gasteiger partial charge on any atom is -0.389 e. The van der Waals surface area contributed by atoms with Crippen LogP contribution in [0.5, 0.6) is 0 Å². The monoisotopic (exact) mass is 305 g/mol. The van der Waals surface area contributed by atoms with E-state index in [9.17, 15) is 13.5 Å². The molecule has 0 saturated carbocycles. The summed E-state index contributed by atoms with van der Waals surface area (Å²) in [5.74, 6) is 0. The summed E-state index contributed by atoms with van der Waals surface area (Å²) in [5, 5.41) is 11.8. The van der Waals surface area contributed by atoms with Crippen LogP contribution in [-0.2, 0) is 10.0 Å². The zero-order valence-electron chi connectivity index (χ0n) is 12.0. The Morgan fingerprint density at radius 3 is 2.62 bits per heavy atom. The van der Waals surface area contributed by atoms with Crippen molar-refractivity contribution in [1.29, 1.82) is 0 Å². The van der Waals surface area contributed by atoms with Crippen molar-refractivity contribution in [3.8, 4) is 0 Å². The Labute approximate surface area is 125 Å². The van der Waals surface area contributed by atoms with Crippen LogP contribution >= 0.6 is 0 Å². The first-order valence-electron chi connectivity index (χ1n) is 7.10. The number of rotatable bonds is 2. The number of aliphatic hydroxyl groups is 1. The predicted molar refractivity (Wildman–Crippen MR) is 82.6 cm³/mol. The molecule has 0 amide bonds. The van der Waals surface area contributed by atoms with Gasteiger partial charge in [0.05, 0.1) is 10.5 Å². The second-order valence-electron chi connectivity index (χ2n) is 5.92. The van der Waals surface area contributed by atoms with Gasteiger partial charge in [-0.25, -0.2) is 8.42 Å². The fraction of sp³-hybridized carbons (Fsp3) is 0.375. The first-order chi connectivity index (χ1) is 9.90. The van der Waals surface area contributed by atoms with Gasteiger partial charge in [0.1, 0.15) is 0 Å². The summed E-state index contributed by atoms with van der Waals surface area (Å²) in [6, 6.07) is 12.8. The molecule has 21 heavy (non-hydrogen) atoms. The molecule has 1 aliphatic rings. The van der Waals surface area contributed by atoms with Crippen LogP contribution < -0.4 is 0 Å². The molecular weight excluding hydrogens is 286 g/mol. The van der Waals surface area contributed by atoms with Crippen molar-refractivity contribution < 1.29 is 13.5 Å². The van der Waals surface area contributed by atoms with Crippen molar-refractivity contribution in [3.05, 3.63) is 42.5 Å². The van der Waals surface area contributed by atoms with Crippen LogP contribution in [0.4, 0.5) is 0 Å². The van der Waals surface area contributed by atoms with Crippen molar-refractivity contribution in [2.24, 2.45) is 0 Å². The quantitative estimate of drug-likeness (QED) is 0.927. The Kier molecular flexibility index (Phi) is 3.51. The number of sulfonamides is 1. The van der Waals surface area contributed by atoms with Gasteiger partial charge in [-0.1, -0.05) is 36.4 Å². The lowest BCUT2D eigenvalue weighted by Gasteiger charge is -2.36. The Morgan fingerprint density at radius 1 is 1.14 bits per heavy atom. The van der Waals surface area contributed by atoms with Gasteiger partial charge >= 0.3 is 0 Å². The third-order valence-corrected chi connectivity index (χ3v) is 5.91. The average molecular weight is 305 g/mol. The summed E-state index contributed by atoms with van der Waals surface area (Å²) in [6.07, 6.45) is 1.31. The molecule has 1 unspecified atom stereocenters. The minimum atomic E-state index is -3.59. The lowest BCUT2D eigenvalue weighted by atomic mass is 9.97. The van der Waals surface area contributed by atoms with Gasteiger partial charge in [-0.3, -0.25) is 0 Å². The minimum absolute atomic E-state index is 0.151. The van der Waals surface area contributed by atoms with Crippen LogP contribution in [0.3, 0.4) is 0 Å². The standard InChI is InChI=1S/C16H19NO3S/c1-16(18)10-5-11-17(12-16)21(19,20)15-9-4-7-13-6-2-3-8-14(13)15/h2-4,6-9,18H,5,10-12H2,1H3. The van der Waals surface area contributed by atoms with E-state index in [4.69, 9.17) is 0 Å². The maximum absolute atomic E-state index is 12.9. The van der Waals surface area contributed by atoms with Crippen molar-refractivity contribution in [1.82, 2.24) is 4.31 Å².